The summed E-state index contributed by atoms with van der Waals surface area (Å²) in [6.07, 6.45) is 3.51. The van der Waals surface area contributed by atoms with E-state index in [1.165, 1.54) is 6.21 Å². The molecule has 0 saturated carbocycles. The monoisotopic (exact) mass is 187 g/mol. The molecule has 0 aliphatic rings. The van der Waals surface area contributed by atoms with Crippen LogP contribution in [0.15, 0.2) is 0 Å². The van der Waals surface area contributed by atoms with Crippen LogP contribution in [0.1, 0.15) is 19.3 Å². The number of hydrogen-bond acceptors (Lipinski definition) is 4. The minimum atomic E-state index is -0.938. The number of rotatable bonds is 8. The molecule has 5 nitrogen and oxygen atoms in total. The van der Waals surface area contributed by atoms with Crippen molar-refractivity contribution in [2.75, 3.05) is 13.1 Å². The Morgan fingerprint density at radius 2 is 2.31 bits per heavy atom. The molecule has 0 heterocycles. The first kappa shape index (κ1) is 12.1. The smallest absolute Gasteiger partial charge is 0.320 e. The molecule has 0 amide bonds. The van der Waals surface area contributed by atoms with Crippen molar-refractivity contribution in [2.45, 2.75) is 25.3 Å². The van der Waals surface area contributed by atoms with E-state index in [0.717, 1.165) is 19.4 Å². The van der Waals surface area contributed by atoms with Crippen LogP contribution >= 0.6 is 0 Å². The molecule has 0 aromatic rings. The van der Waals surface area contributed by atoms with Crippen molar-refractivity contribution < 1.29 is 9.90 Å². The van der Waals surface area contributed by atoms with E-state index in [1.54, 1.807) is 0 Å². The zero-order valence-corrected chi connectivity index (χ0v) is 7.62. The highest BCUT2D eigenvalue weighted by Crippen LogP contribution is 1.97. The number of aliphatic carboxylic acids is 1. The highest BCUT2D eigenvalue weighted by Gasteiger charge is 2.09. The summed E-state index contributed by atoms with van der Waals surface area (Å²) < 4.78 is 0. The number of carbonyl (C=O) groups is 1. The molecule has 0 rings (SSSR count). The summed E-state index contributed by atoms with van der Waals surface area (Å²) in [5.74, 6) is -0.938. The third-order valence-corrected chi connectivity index (χ3v) is 1.68. The van der Waals surface area contributed by atoms with Gasteiger partial charge in [-0.25, -0.2) is 0 Å². The number of unbranched alkanes of at least 4 members (excludes halogenated alkanes) is 1. The molecular formula is C8H17N3O2. The Kier molecular flexibility index (Phi) is 7.14. The number of hydrogen-bond donors (Lipinski definition) is 4. The molecule has 0 fully saturated rings. The molecule has 5 heteroatoms. The van der Waals surface area contributed by atoms with Gasteiger partial charge < -0.3 is 21.6 Å². The first-order chi connectivity index (χ1) is 6.18. The summed E-state index contributed by atoms with van der Waals surface area (Å²) in [4.78, 5) is 10.3. The topological polar surface area (TPSA) is 99.2 Å². The standard InChI is InChI=1S/C8H17N3O2/c9-4-6-11-5-2-1-3-7(10)8(12)13/h4,7,9,11H,1-3,5-6,10H2,(H,12,13). The number of carboxylic acids is 1. The Hall–Kier alpha value is -0.940. The van der Waals surface area contributed by atoms with Crippen LogP contribution in [0, 0.1) is 5.41 Å². The van der Waals surface area contributed by atoms with Crippen LogP contribution in [-0.2, 0) is 4.79 Å². The maximum atomic E-state index is 10.3. The zero-order chi connectivity index (χ0) is 10.1. The molecule has 76 valence electrons. The van der Waals surface area contributed by atoms with Gasteiger partial charge in [-0.3, -0.25) is 4.79 Å². The Morgan fingerprint density at radius 3 is 2.85 bits per heavy atom. The van der Waals surface area contributed by atoms with Gasteiger partial charge in [0.2, 0.25) is 0 Å². The molecule has 0 radical (unpaired) electrons. The fraction of sp³-hybridized carbons (Fsp3) is 0.750. The van der Waals surface area contributed by atoms with Gasteiger partial charge in [0, 0.05) is 12.8 Å². The van der Waals surface area contributed by atoms with Crippen LogP contribution < -0.4 is 11.1 Å². The Morgan fingerprint density at radius 1 is 1.62 bits per heavy atom. The van der Waals surface area contributed by atoms with E-state index >= 15 is 0 Å². The molecule has 5 N–H and O–H groups in total. The van der Waals surface area contributed by atoms with E-state index < -0.39 is 12.0 Å². The summed E-state index contributed by atoms with van der Waals surface area (Å²) in [7, 11) is 0. The van der Waals surface area contributed by atoms with Crippen molar-refractivity contribution in [3.05, 3.63) is 0 Å². The first-order valence-corrected chi connectivity index (χ1v) is 4.36. The summed E-state index contributed by atoms with van der Waals surface area (Å²) in [5.41, 5.74) is 5.30. The Labute approximate surface area is 77.8 Å². The van der Waals surface area contributed by atoms with Gasteiger partial charge >= 0.3 is 5.97 Å². The van der Waals surface area contributed by atoms with E-state index in [0.29, 0.717) is 13.0 Å². The highest BCUT2D eigenvalue weighted by molar-refractivity contribution is 5.72. The molecule has 0 spiro atoms. The third kappa shape index (κ3) is 7.42. The SMILES string of the molecule is N=CCNCCCCC(N)C(=O)O. The van der Waals surface area contributed by atoms with Crippen molar-refractivity contribution in [1.82, 2.24) is 5.32 Å². The molecule has 0 aromatic heterocycles. The summed E-state index contributed by atoms with van der Waals surface area (Å²) in [6, 6.07) is -0.734. The normalized spacial score (nSPS) is 12.4. The maximum absolute atomic E-state index is 10.3. The molecule has 0 bridgehead atoms. The first-order valence-electron chi connectivity index (χ1n) is 4.36. The minimum absolute atomic E-state index is 0.515. The van der Waals surface area contributed by atoms with Crippen LogP contribution in [0.5, 0.6) is 0 Å². The average Bonchev–Trinajstić information content (AvgIpc) is 2.10. The van der Waals surface area contributed by atoms with Crippen LogP contribution in [0.2, 0.25) is 0 Å². The quantitative estimate of drug-likeness (QED) is 0.312. The van der Waals surface area contributed by atoms with Crippen LogP contribution in [0.4, 0.5) is 0 Å². The molecule has 0 aliphatic carbocycles. The average molecular weight is 187 g/mol. The summed E-state index contributed by atoms with van der Waals surface area (Å²) in [6.45, 7) is 1.38. The van der Waals surface area contributed by atoms with Crippen molar-refractivity contribution in [1.29, 1.82) is 5.41 Å². The van der Waals surface area contributed by atoms with Crippen LogP contribution in [0.25, 0.3) is 0 Å². The van der Waals surface area contributed by atoms with E-state index in [-0.39, 0.29) is 0 Å². The van der Waals surface area contributed by atoms with Gasteiger partial charge in [-0.15, -0.1) is 0 Å². The van der Waals surface area contributed by atoms with Gasteiger partial charge in [-0.2, -0.15) is 0 Å². The predicted octanol–water partition coefficient (Wildman–Crippen LogP) is -0.192. The second-order valence-corrected chi connectivity index (χ2v) is 2.85. The lowest BCUT2D eigenvalue weighted by Crippen LogP contribution is -2.30. The second kappa shape index (κ2) is 7.70. The number of nitrogens with two attached hydrogens (primary N) is 1. The fourth-order valence-electron chi connectivity index (χ4n) is 0.912. The number of carboxylic acid groups (broad SMARTS) is 1. The van der Waals surface area contributed by atoms with Gasteiger partial charge in [-0.05, 0) is 19.4 Å². The lowest BCUT2D eigenvalue weighted by molar-refractivity contribution is -0.138. The van der Waals surface area contributed by atoms with Gasteiger partial charge in [0.25, 0.3) is 0 Å². The van der Waals surface area contributed by atoms with Crippen molar-refractivity contribution in [3.63, 3.8) is 0 Å². The van der Waals surface area contributed by atoms with E-state index in [2.05, 4.69) is 5.32 Å². The van der Waals surface area contributed by atoms with Gasteiger partial charge in [0.05, 0.1) is 0 Å². The van der Waals surface area contributed by atoms with E-state index in [1.807, 2.05) is 0 Å². The zero-order valence-electron chi connectivity index (χ0n) is 7.62. The largest absolute Gasteiger partial charge is 0.480 e. The minimum Gasteiger partial charge on any atom is -0.480 e. The molecule has 0 saturated heterocycles. The fourth-order valence-corrected chi connectivity index (χ4v) is 0.912. The van der Waals surface area contributed by atoms with Gasteiger partial charge in [0.15, 0.2) is 0 Å². The van der Waals surface area contributed by atoms with Crippen molar-refractivity contribution in [2.24, 2.45) is 5.73 Å². The molecular weight excluding hydrogens is 170 g/mol. The van der Waals surface area contributed by atoms with Gasteiger partial charge in [0.1, 0.15) is 6.04 Å². The third-order valence-electron chi connectivity index (χ3n) is 1.68. The second-order valence-electron chi connectivity index (χ2n) is 2.85. The Balaban J connectivity index is 3.15. The van der Waals surface area contributed by atoms with Gasteiger partial charge in [-0.1, -0.05) is 6.42 Å². The Bertz CT molecular complexity index is 161. The molecule has 0 aliphatic heterocycles. The van der Waals surface area contributed by atoms with Crippen molar-refractivity contribution >= 4 is 12.2 Å². The summed E-state index contributed by atoms with van der Waals surface area (Å²) in [5, 5.41) is 18.2. The summed E-state index contributed by atoms with van der Waals surface area (Å²) >= 11 is 0. The molecule has 0 aromatic carbocycles. The number of nitrogens with one attached hydrogen (secondary N) is 2. The van der Waals surface area contributed by atoms with E-state index in [4.69, 9.17) is 16.2 Å². The van der Waals surface area contributed by atoms with Crippen LogP contribution in [0.3, 0.4) is 0 Å². The van der Waals surface area contributed by atoms with Crippen LogP contribution in [-0.4, -0.2) is 36.4 Å². The highest BCUT2D eigenvalue weighted by atomic mass is 16.4. The lowest BCUT2D eigenvalue weighted by Gasteiger charge is -2.05. The van der Waals surface area contributed by atoms with Crippen molar-refractivity contribution in [3.8, 4) is 0 Å². The molecule has 1 atom stereocenters. The predicted molar refractivity (Wildman–Crippen MR) is 51.1 cm³/mol. The maximum Gasteiger partial charge on any atom is 0.320 e. The molecule has 13 heavy (non-hydrogen) atoms. The van der Waals surface area contributed by atoms with E-state index in [9.17, 15) is 4.79 Å². The lowest BCUT2D eigenvalue weighted by atomic mass is 10.1. The molecule has 1 unspecified atom stereocenters.